The Morgan fingerprint density at radius 1 is 0.974 bits per heavy atom. The Hall–Kier alpha value is -3.58. The number of rotatable bonds is 9. The van der Waals surface area contributed by atoms with Crippen LogP contribution in [-0.2, 0) is 6.54 Å². The van der Waals surface area contributed by atoms with E-state index in [4.69, 9.17) is 13.9 Å². The number of ether oxygens (including phenoxy) is 2. The summed E-state index contributed by atoms with van der Waals surface area (Å²) in [5.41, 5.74) is 2.22. The van der Waals surface area contributed by atoms with Crippen LogP contribution in [0.15, 0.2) is 80.4 Å². The Bertz CT molecular complexity index is 1530. The Morgan fingerprint density at radius 3 is 2.50 bits per heavy atom. The molecular weight excluding hydrogens is 546 g/mol. The summed E-state index contributed by atoms with van der Waals surface area (Å²) in [5, 5.41) is 0.427. The van der Waals surface area contributed by atoms with Gasteiger partial charge in [0.15, 0.2) is 16.9 Å². The Kier molecular flexibility index (Phi) is 7.56. The van der Waals surface area contributed by atoms with Gasteiger partial charge in [0, 0.05) is 11.0 Å². The molecule has 196 valence electrons. The summed E-state index contributed by atoms with van der Waals surface area (Å²) in [6.45, 7) is 7.58. The molecule has 2 heterocycles. The van der Waals surface area contributed by atoms with Gasteiger partial charge in [0.05, 0.1) is 30.2 Å². The first-order valence-electron chi connectivity index (χ1n) is 12.9. The molecule has 4 aromatic rings. The van der Waals surface area contributed by atoms with Crippen LogP contribution in [0.1, 0.15) is 60.5 Å². The molecule has 0 N–H and O–H groups in total. The molecule has 6 nitrogen and oxygen atoms in total. The number of benzene rings is 3. The maximum atomic E-state index is 13.9. The van der Waals surface area contributed by atoms with E-state index < -0.39 is 6.04 Å². The minimum atomic E-state index is -0.638. The highest BCUT2D eigenvalue weighted by Crippen LogP contribution is 2.42. The third kappa shape index (κ3) is 5.07. The van der Waals surface area contributed by atoms with Gasteiger partial charge >= 0.3 is 0 Å². The number of hydrogen-bond acceptors (Lipinski definition) is 5. The summed E-state index contributed by atoms with van der Waals surface area (Å²) in [4.78, 5) is 29.3. The Balaban J connectivity index is 1.64. The minimum Gasteiger partial charge on any atom is -0.490 e. The normalized spacial score (nSPS) is 14.8. The number of amides is 1. The van der Waals surface area contributed by atoms with Crippen molar-refractivity contribution in [2.24, 2.45) is 5.92 Å². The van der Waals surface area contributed by atoms with Gasteiger partial charge in [-0.05, 0) is 60.7 Å². The lowest BCUT2D eigenvalue weighted by Crippen LogP contribution is -2.29. The Labute approximate surface area is 230 Å². The molecule has 3 aromatic carbocycles. The predicted molar refractivity (Wildman–Crippen MR) is 151 cm³/mol. The van der Waals surface area contributed by atoms with Gasteiger partial charge in [0.25, 0.3) is 5.91 Å². The van der Waals surface area contributed by atoms with E-state index >= 15 is 0 Å². The molecule has 1 atom stereocenters. The lowest BCUT2D eigenvalue weighted by atomic mass is 9.97. The van der Waals surface area contributed by atoms with Gasteiger partial charge in [-0.2, -0.15) is 0 Å². The van der Waals surface area contributed by atoms with Crippen LogP contribution in [0.5, 0.6) is 11.5 Å². The quantitative estimate of drug-likeness (QED) is 0.212. The molecule has 1 aromatic heterocycles. The fourth-order valence-electron chi connectivity index (χ4n) is 4.77. The van der Waals surface area contributed by atoms with Crippen LogP contribution in [0.3, 0.4) is 0 Å². The summed E-state index contributed by atoms with van der Waals surface area (Å²) in [6.07, 6.45) is 0.923. The van der Waals surface area contributed by atoms with E-state index in [1.165, 1.54) is 0 Å². The molecule has 38 heavy (non-hydrogen) atoms. The van der Waals surface area contributed by atoms with Gasteiger partial charge in [-0.3, -0.25) is 9.59 Å². The van der Waals surface area contributed by atoms with Gasteiger partial charge in [0.2, 0.25) is 5.76 Å². The number of nitrogens with zero attached hydrogens (tertiary/aromatic N) is 1. The van der Waals surface area contributed by atoms with E-state index in [1.807, 2.05) is 55.5 Å². The van der Waals surface area contributed by atoms with Crippen molar-refractivity contribution in [1.29, 1.82) is 0 Å². The van der Waals surface area contributed by atoms with Gasteiger partial charge in [-0.25, -0.2) is 0 Å². The van der Waals surface area contributed by atoms with E-state index in [0.29, 0.717) is 53.7 Å². The SMILES string of the molecule is CCOc1cc(C2c3c(oc4ccc(Br)cc4c3=O)C(=O)N2Cc2ccccc2)ccc1OCCC(C)C. The largest absolute Gasteiger partial charge is 0.490 e. The topological polar surface area (TPSA) is 69.0 Å². The summed E-state index contributed by atoms with van der Waals surface area (Å²) in [5.74, 6) is 1.52. The van der Waals surface area contributed by atoms with Gasteiger partial charge in [-0.15, -0.1) is 0 Å². The van der Waals surface area contributed by atoms with Crippen LogP contribution in [0.4, 0.5) is 0 Å². The highest BCUT2D eigenvalue weighted by atomic mass is 79.9. The second-order valence-corrected chi connectivity index (χ2v) is 10.7. The average Bonchev–Trinajstić information content (AvgIpc) is 3.17. The zero-order valence-electron chi connectivity index (χ0n) is 21.7. The summed E-state index contributed by atoms with van der Waals surface area (Å²) in [6, 6.07) is 20.0. The molecule has 0 radical (unpaired) electrons. The molecule has 0 spiro atoms. The first-order chi connectivity index (χ1) is 18.4. The molecule has 5 rings (SSSR count). The van der Waals surface area contributed by atoms with Crippen LogP contribution in [0.2, 0.25) is 0 Å². The molecule has 1 unspecified atom stereocenters. The van der Waals surface area contributed by atoms with Crippen LogP contribution >= 0.6 is 15.9 Å². The lowest BCUT2D eigenvalue weighted by molar-refractivity contribution is 0.0714. The van der Waals surface area contributed by atoms with Gasteiger partial charge in [0.1, 0.15) is 5.58 Å². The molecule has 1 aliphatic heterocycles. The highest BCUT2D eigenvalue weighted by molar-refractivity contribution is 9.10. The van der Waals surface area contributed by atoms with Crippen LogP contribution in [-0.4, -0.2) is 24.0 Å². The number of halogens is 1. The molecule has 0 fully saturated rings. The third-order valence-corrected chi connectivity index (χ3v) is 7.15. The number of hydrogen-bond donors (Lipinski definition) is 0. The van der Waals surface area contributed by atoms with Crippen molar-refractivity contribution in [2.45, 2.75) is 39.8 Å². The fraction of sp³-hybridized carbons (Fsp3) is 0.290. The van der Waals surface area contributed by atoms with Crippen molar-refractivity contribution in [3.8, 4) is 11.5 Å². The highest BCUT2D eigenvalue weighted by Gasteiger charge is 2.43. The summed E-state index contributed by atoms with van der Waals surface area (Å²) < 4.78 is 18.8. The van der Waals surface area contributed by atoms with E-state index in [1.54, 1.807) is 23.1 Å². The van der Waals surface area contributed by atoms with E-state index in [0.717, 1.165) is 22.0 Å². The van der Waals surface area contributed by atoms with Crippen molar-refractivity contribution in [3.63, 3.8) is 0 Å². The van der Waals surface area contributed by atoms with Crippen molar-refractivity contribution in [3.05, 3.63) is 104 Å². The third-order valence-electron chi connectivity index (χ3n) is 6.66. The van der Waals surface area contributed by atoms with Crippen LogP contribution < -0.4 is 14.9 Å². The molecule has 1 aliphatic rings. The first kappa shape index (κ1) is 26.0. The predicted octanol–water partition coefficient (Wildman–Crippen LogP) is 7.12. The smallest absolute Gasteiger partial charge is 0.291 e. The standard InChI is InChI=1S/C31H30BrNO5/c1-4-36-26-16-21(10-12-25(26)37-15-14-19(2)3)28-27-29(34)23-17-22(32)11-13-24(23)38-30(27)31(35)33(28)18-20-8-6-5-7-9-20/h5-13,16-17,19,28H,4,14-15,18H2,1-3H3. The second kappa shape index (κ2) is 11.0. The van der Waals surface area contributed by atoms with Gasteiger partial charge < -0.3 is 18.8 Å². The lowest BCUT2D eigenvalue weighted by Gasteiger charge is -2.26. The van der Waals surface area contributed by atoms with E-state index in [9.17, 15) is 9.59 Å². The number of carbonyl (C=O) groups excluding carboxylic acids is 1. The Morgan fingerprint density at radius 2 is 1.76 bits per heavy atom. The fourth-order valence-corrected chi connectivity index (χ4v) is 5.13. The molecule has 7 heteroatoms. The molecule has 0 saturated heterocycles. The van der Waals surface area contributed by atoms with Crippen LogP contribution in [0.25, 0.3) is 11.0 Å². The zero-order valence-corrected chi connectivity index (χ0v) is 23.3. The molecule has 0 saturated carbocycles. The summed E-state index contributed by atoms with van der Waals surface area (Å²) >= 11 is 3.45. The van der Waals surface area contributed by atoms with Crippen molar-refractivity contribution in [2.75, 3.05) is 13.2 Å². The summed E-state index contributed by atoms with van der Waals surface area (Å²) in [7, 11) is 0. The molecular formula is C31H30BrNO5. The van der Waals surface area contributed by atoms with Crippen LogP contribution in [0, 0.1) is 5.92 Å². The van der Waals surface area contributed by atoms with Crippen molar-refractivity contribution < 1.29 is 18.7 Å². The first-order valence-corrected chi connectivity index (χ1v) is 13.7. The van der Waals surface area contributed by atoms with Crippen molar-refractivity contribution >= 4 is 32.8 Å². The second-order valence-electron chi connectivity index (χ2n) is 9.81. The van der Waals surface area contributed by atoms with Crippen molar-refractivity contribution in [1.82, 2.24) is 4.90 Å². The number of carbonyl (C=O) groups is 1. The average molecular weight is 576 g/mol. The van der Waals surface area contributed by atoms with E-state index in [2.05, 4.69) is 29.8 Å². The van der Waals surface area contributed by atoms with E-state index in [-0.39, 0.29) is 17.1 Å². The zero-order chi connectivity index (χ0) is 26.8. The van der Waals surface area contributed by atoms with Gasteiger partial charge in [-0.1, -0.05) is 66.2 Å². The maximum absolute atomic E-state index is 13.9. The minimum absolute atomic E-state index is 0.0842. The molecule has 0 aliphatic carbocycles. The monoisotopic (exact) mass is 575 g/mol. The molecule has 0 bridgehead atoms. The number of fused-ring (bicyclic) bond motifs is 2. The maximum Gasteiger partial charge on any atom is 0.291 e. The molecule has 1 amide bonds.